The molecule has 4 rings (SSSR count). The molecule has 6 nitrogen and oxygen atoms in total. The van der Waals surface area contributed by atoms with Crippen molar-refractivity contribution < 1.29 is 9.59 Å². The summed E-state index contributed by atoms with van der Waals surface area (Å²) in [6.07, 6.45) is 1.54. The van der Waals surface area contributed by atoms with Crippen molar-refractivity contribution in [1.82, 2.24) is 19.8 Å². The Bertz CT molecular complexity index is 934. The van der Waals surface area contributed by atoms with Crippen molar-refractivity contribution >= 4 is 34.1 Å². The summed E-state index contributed by atoms with van der Waals surface area (Å²) in [6.45, 7) is 2.95. The first-order valence-electron chi connectivity index (χ1n) is 8.51. The third-order valence-electron chi connectivity index (χ3n) is 4.49. The highest BCUT2D eigenvalue weighted by atomic mass is 32.1. The Labute approximate surface area is 155 Å². The van der Waals surface area contributed by atoms with Gasteiger partial charge >= 0.3 is 0 Å². The van der Waals surface area contributed by atoms with Gasteiger partial charge in [0.1, 0.15) is 5.69 Å². The van der Waals surface area contributed by atoms with Crippen LogP contribution in [0, 0.1) is 0 Å². The molecule has 0 N–H and O–H groups in total. The summed E-state index contributed by atoms with van der Waals surface area (Å²) in [7, 11) is 0. The van der Waals surface area contributed by atoms with E-state index in [1.807, 2.05) is 41.8 Å². The van der Waals surface area contributed by atoms with Crippen LogP contribution in [0.3, 0.4) is 0 Å². The fraction of sp³-hybridized carbons (Fsp3) is 0.263. The van der Waals surface area contributed by atoms with Crippen molar-refractivity contribution in [2.45, 2.75) is 0 Å². The minimum absolute atomic E-state index is 0.104. The largest absolute Gasteiger partial charge is 0.335 e. The maximum atomic E-state index is 12.7. The molecule has 1 fully saturated rings. The molecule has 1 saturated heterocycles. The van der Waals surface area contributed by atoms with Crippen LogP contribution in [-0.4, -0.2) is 64.2 Å². The molecule has 7 heteroatoms. The number of piperazine rings is 1. The number of thiophene rings is 1. The quantitative estimate of drug-likeness (QED) is 0.663. The third kappa shape index (κ3) is 3.49. The van der Waals surface area contributed by atoms with Gasteiger partial charge in [-0.15, -0.1) is 11.3 Å². The fourth-order valence-electron chi connectivity index (χ4n) is 3.05. The molecule has 0 radical (unpaired) electrons. The fourth-order valence-corrected chi connectivity index (χ4v) is 3.71. The topological polar surface area (TPSA) is 66.4 Å². The average Bonchev–Trinajstić information content (AvgIpc) is 3.23. The second-order valence-electron chi connectivity index (χ2n) is 6.21. The highest BCUT2D eigenvalue weighted by molar-refractivity contribution is 7.12. The second-order valence-corrected chi connectivity index (χ2v) is 7.16. The first-order valence-corrected chi connectivity index (χ1v) is 9.39. The summed E-state index contributed by atoms with van der Waals surface area (Å²) >= 11 is 1.47. The van der Waals surface area contributed by atoms with Gasteiger partial charge in [0.05, 0.1) is 28.7 Å². The zero-order chi connectivity index (χ0) is 17.9. The first-order chi connectivity index (χ1) is 12.7. The molecule has 0 atom stereocenters. The zero-order valence-electron chi connectivity index (χ0n) is 14.2. The minimum atomic E-state index is -0.104. The molecule has 2 aromatic heterocycles. The molecule has 1 aliphatic heterocycles. The van der Waals surface area contributed by atoms with Gasteiger partial charge in [-0.25, -0.2) is 4.98 Å². The first kappa shape index (κ1) is 16.8. The van der Waals surface area contributed by atoms with Gasteiger partial charge in [-0.3, -0.25) is 19.5 Å². The van der Waals surface area contributed by atoms with E-state index in [4.69, 9.17) is 0 Å². The standard InChI is InChI=1S/C19H18N4O2S/c24-17(18-6-3-11-26-18)13-22-7-9-23(10-8-22)19(25)16-12-20-14-4-1-2-5-15(14)21-16/h1-6,11-12H,7-10,13H2. The summed E-state index contributed by atoms with van der Waals surface area (Å²) in [5, 5.41) is 1.91. The van der Waals surface area contributed by atoms with Crippen LogP contribution in [-0.2, 0) is 0 Å². The molecular weight excluding hydrogens is 348 g/mol. The summed E-state index contributed by atoms with van der Waals surface area (Å²) in [5.41, 5.74) is 1.87. The number of ketones is 1. The number of amides is 1. The monoisotopic (exact) mass is 366 g/mol. The normalized spacial score (nSPS) is 15.3. The van der Waals surface area contributed by atoms with Gasteiger partial charge < -0.3 is 4.90 Å². The van der Waals surface area contributed by atoms with E-state index in [0.717, 1.165) is 15.9 Å². The average molecular weight is 366 g/mol. The van der Waals surface area contributed by atoms with Gasteiger partial charge in [0.15, 0.2) is 5.78 Å². The molecule has 1 amide bonds. The lowest BCUT2D eigenvalue weighted by Crippen LogP contribution is -2.50. The maximum absolute atomic E-state index is 12.7. The van der Waals surface area contributed by atoms with Crippen molar-refractivity contribution in [2.75, 3.05) is 32.7 Å². The van der Waals surface area contributed by atoms with Crippen LogP contribution in [0.4, 0.5) is 0 Å². The summed E-state index contributed by atoms with van der Waals surface area (Å²) in [5.74, 6) is 0.0349. The van der Waals surface area contributed by atoms with E-state index in [1.54, 1.807) is 4.90 Å². The van der Waals surface area contributed by atoms with Crippen LogP contribution in [0.2, 0.25) is 0 Å². The number of benzene rings is 1. The van der Waals surface area contributed by atoms with Gasteiger partial charge in [-0.2, -0.15) is 0 Å². The smallest absolute Gasteiger partial charge is 0.274 e. The molecule has 132 valence electrons. The van der Waals surface area contributed by atoms with E-state index >= 15 is 0 Å². The zero-order valence-corrected chi connectivity index (χ0v) is 15.0. The van der Waals surface area contributed by atoms with Crippen LogP contribution in [0.5, 0.6) is 0 Å². The maximum Gasteiger partial charge on any atom is 0.274 e. The number of Topliss-reactive ketones (excluding diaryl/α,β-unsaturated/α-hetero) is 1. The van der Waals surface area contributed by atoms with E-state index < -0.39 is 0 Å². The minimum Gasteiger partial charge on any atom is -0.335 e. The van der Waals surface area contributed by atoms with Crippen molar-refractivity contribution in [3.63, 3.8) is 0 Å². The van der Waals surface area contributed by atoms with Crippen molar-refractivity contribution in [3.05, 3.63) is 58.5 Å². The Morgan fingerprint density at radius 2 is 1.77 bits per heavy atom. The molecule has 26 heavy (non-hydrogen) atoms. The summed E-state index contributed by atoms with van der Waals surface area (Å²) < 4.78 is 0. The molecule has 0 spiro atoms. The highest BCUT2D eigenvalue weighted by Crippen LogP contribution is 2.13. The lowest BCUT2D eigenvalue weighted by Gasteiger charge is -2.34. The number of hydrogen-bond donors (Lipinski definition) is 0. The van der Waals surface area contributed by atoms with Crippen molar-refractivity contribution in [1.29, 1.82) is 0 Å². The molecule has 1 aliphatic rings. The van der Waals surface area contributed by atoms with Crippen LogP contribution < -0.4 is 0 Å². The molecular formula is C19H18N4O2S. The molecule has 0 aliphatic carbocycles. The van der Waals surface area contributed by atoms with E-state index in [-0.39, 0.29) is 11.7 Å². The molecule has 3 aromatic rings. The Morgan fingerprint density at radius 3 is 2.50 bits per heavy atom. The highest BCUT2D eigenvalue weighted by Gasteiger charge is 2.24. The number of nitrogens with zero attached hydrogens (tertiary/aromatic N) is 4. The van der Waals surface area contributed by atoms with E-state index in [2.05, 4.69) is 14.9 Å². The number of carbonyl (C=O) groups excluding carboxylic acids is 2. The van der Waals surface area contributed by atoms with E-state index in [1.165, 1.54) is 17.5 Å². The van der Waals surface area contributed by atoms with Gasteiger partial charge in [-0.1, -0.05) is 18.2 Å². The number of para-hydroxylation sites is 2. The van der Waals surface area contributed by atoms with Crippen molar-refractivity contribution in [2.24, 2.45) is 0 Å². The Morgan fingerprint density at radius 1 is 1.00 bits per heavy atom. The Kier molecular flexibility index (Phi) is 4.73. The lowest BCUT2D eigenvalue weighted by atomic mass is 10.2. The van der Waals surface area contributed by atoms with Crippen molar-refractivity contribution in [3.8, 4) is 0 Å². The summed E-state index contributed by atoms with van der Waals surface area (Å²) in [4.78, 5) is 38.3. The number of fused-ring (bicyclic) bond motifs is 1. The molecule has 1 aromatic carbocycles. The lowest BCUT2D eigenvalue weighted by molar-refractivity contribution is 0.0619. The molecule has 0 bridgehead atoms. The third-order valence-corrected chi connectivity index (χ3v) is 5.40. The SMILES string of the molecule is O=C(CN1CCN(C(=O)c2cnc3ccccc3n2)CC1)c1cccs1. The Hall–Kier alpha value is -2.64. The Balaban J connectivity index is 1.37. The number of aromatic nitrogens is 2. The van der Waals surface area contributed by atoms with E-state index in [9.17, 15) is 9.59 Å². The summed E-state index contributed by atoms with van der Waals surface area (Å²) in [6, 6.07) is 11.3. The number of hydrogen-bond acceptors (Lipinski definition) is 6. The van der Waals surface area contributed by atoms with E-state index in [0.29, 0.717) is 38.4 Å². The second kappa shape index (κ2) is 7.31. The van der Waals surface area contributed by atoms with Gasteiger partial charge in [0.25, 0.3) is 5.91 Å². The van der Waals surface area contributed by atoms with Gasteiger partial charge in [0.2, 0.25) is 0 Å². The van der Waals surface area contributed by atoms with Crippen LogP contribution in [0.1, 0.15) is 20.2 Å². The van der Waals surface area contributed by atoms with Crippen LogP contribution in [0.25, 0.3) is 11.0 Å². The molecule has 3 heterocycles. The number of carbonyl (C=O) groups is 2. The number of rotatable bonds is 4. The van der Waals surface area contributed by atoms with Crippen LogP contribution in [0.15, 0.2) is 48.0 Å². The molecule has 0 unspecified atom stereocenters. The molecule has 0 saturated carbocycles. The van der Waals surface area contributed by atoms with Crippen LogP contribution >= 0.6 is 11.3 Å². The van der Waals surface area contributed by atoms with Gasteiger partial charge in [-0.05, 0) is 23.6 Å². The predicted octanol–water partition coefficient (Wildman–Crippen LogP) is 2.33. The predicted molar refractivity (Wildman–Crippen MR) is 101 cm³/mol. The van der Waals surface area contributed by atoms with Gasteiger partial charge in [0, 0.05) is 26.2 Å².